The molecule has 0 saturated heterocycles. The summed E-state index contributed by atoms with van der Waals surface area (Å²) in [6.07, 6.45) is 0. The third-order valence-corrected chi connectivity index (χ3v) is 3.09. The van der Waals surface area contributed by atoms with E-state index in [-0.39, 0.29) is 11.4 Å². The minimum absolute atomic E-state index is 0.0642. The monoisotopic (exact) mass is 326 g/mol. The summed E-state index contributed by atoms with van der Waals surface area (Å²) in [5.74, 6) is -0.892. The lowest BCUT2D eigenvalue weighted by molar-refractivity contribution is 0.0689. The fourth-order valence-corrected chi connectivity index (χ4v) is 2.19. The molecule has 2 N–H and O–H groups in total. The minimum atomic E-state index is -1.12. The van der Waals surface area contributed by atoms with Crippen molar-refractivity contribution in [2.45, 2.75) is 0 Å². The number of hydrogen-bond acceptors (Lipinski definition) is 4. The van der Waals surface area contributed by atoms with Gasteiger partial charge in [-0.15, -0.1) is 0 Å². The Hall–Kier alpha value is -2.02. The summed E-state index contributed by atoms with van der Waals surface area (Å²) in [5.41, 5.74) is 0.832. The number of phenols is 1. The van der Waals surface area contributed by atoms with Crippen LogP contribution in [0.1, 0.15) is 10.5 Å². The molecule has 0 atom stereocenters. The molecule has 0 unspecified atom stereocenters. The van der Waals surface area contributed by atoms with Crippen molar-refractivity contribution in [1.29, 1.82) is 0 Å². The summed E-state index contributed by atoms with van der Waals surface area (Å²) in [5, 5.41) is 22.9. The number of nitrogens with zero attached hydrogens (tertiary/aromatic N) is 2. The number of hydrogen-bond donors (Lipinski definition) is 2. The quantitative estimate of drug-likeness (QED) is 0.903. The Bertz CT molecular complexity index is 651. The van der Waals surface area contributed by atoms with Gasteiger partial charge in [0.1, 0.15) is 0 Å². The normalized spacial score (nSPS) is 10.5. The van der Waals surface area contributed by atoms with Gasteiger partial charge in [0.25, 0.3) is 0 Å². The van der Waals surface area contributed by atoms with Crippen molar-refractivity contribution in [3.63, 3.8) is 0 Å². The molecule has 19 heavy (non-hydrogen) atoms. The smallest absolute Gasteiger partial charge is 0.356 e. The Morgan fingerprint density at radius 1 is 1.42 bits per heavy atom. The van der Waals surface area contributed by atoms with Gasteiger partial charge in [-0.1, -0.05) is 15.9 Å². The molecule has 1 heterocycles. The van der Waals surface area contributed by atoms with E-state index in [0.29, 0.717) is 21.5 Å². The largest absolute Gasteiger partial charge is 0.504 e. The van der Waals surface area contributed by atoms with E-state index in [1.807, 2.05) is 0 Å². The zero-order valence-electron chi connectivity index (χ0n) is 10.2. The van der Waals surface area contributed by atoms with Crippen molar-refractivity contribution in [2.24, 2.45) is 7.05 Å². The number of rotatable bonds is 3. The zero-order valence-corrected chi connectivity index (χ0v) is 11.8. The number of aromatic hydroxyl groups is 1. The second kappa shape index (κ2) is 4.93. The highest BCUT2D eigenvalue weighted by Gasteiger charge is 2.18. The number of aromatic carboxylic acids is 1. The highest BCUT2D eigenvalue weighted by molar-refractivity contribution is 9.10. The summed E-state index contributed by atoms with van der Waals surface area (Å²) in [6, 6.07) is 4.68. The van der Waals surface area contributed by atoms with Crippen LogP contribution < -0.4 is 4.74 Å². The molecular formula is C12H11BrN2O4. The van der Waals surface area contributed by atoms with Gasteiger partial charge in [0, 0.05) is 17.1 Å². The Morgan fingerprint density at radius 2 is 2.11 bits per heavy atom. The maximum absolute atomic E-state index is 10.9. The molecule has 0 spiro atoms. The first-order valence-corrected chi connectivity index (χ1v) is 6.07. The second-order valence-corrected chi connectivity index (χ2v) is 4.76. The van der Waals surface area contributed by atoms with Gasteiger partial charge < -0.3 is 14.9 Å². The van der Waals surface area contributed by atoms with Crippen LogP contribution in [0.4, 0.5) is 0 Å². The van der Waals surface area contributed by atoms with E-state index in [1.54, 1.807) is 19.2 Å². The van der Waals surface area contributed by atoms with E-state index >= 15 is 0 Å². The van der Waals surface area contributed by atoms with Crippen LogP contribution in [0.5, 0.6) is 11.5 Å². The topological polar surface area (TPSA) is 84.6 Å². The highest BCUT2D eigenvalue weighted by Crippen LogP contribution is 2.39. The number of phenolic OH excluding ortho intramolecular Hbond substituents is 1. The van der Waals surface area contributed by atoms with Gasteiger partial charge in [0.15, 0.2) is 17.2 Å². The number of aromatic nitrogens is 2. The van der Waals surface area contributed by atoms with Crippen LogP contribution in [0, 0.1) is 0 Å². The van der Waals surface area contributed by atoms with Crippen LogP contribution in [0.2, 0.25) is 0 Å². The molecule has 100 valence electrons. The van der Waals surface area contributed by atoms with Crippen molar-refractivity contribution in [3.05, 3.63) is 28.4 Å². The third-order valence-electron chi connectivity index (χ3n) is 2.63. The molecule has 7 heteroatoms. The lowest BCUT2D eigenvalue weighted by Gasteiger charge is -2.10. The van der Waals surface area contributed by atoms with E-state index in [2.05, 4.69) is 21.0 Å². The molecule has 2 rings (SSSR count). The van der Waals surface area contributed by atoms with E-state index in [0.717, 1.165) is 0 Å². The van der Waals surface area contributed by atoms with Crippen molar-refractivity contribution in [2.75, 3.05) is 7.11 Å². The minimum Gasteiger partial charge on any atom is -0.504 e. The van der Waals surface area contributed by atoms with Gasteiger partial charge in [-0.25, -0.2) is 4.79 Å². The maximum Gasteiger partial charge on any atom is 0.356 e. The summed E-state index contributed by atoms with van der Waals surface area (Å²) in [4.78, 5) is 10.9. The number of aryl methyl sites for hydroxylation is 1. The van der Waals surface area contributed by atoms with Crippen LogP contribution in [0.15, 0.2) is 22.7 Å². The predicted molar refractivity (Wildman–Crippen MR) is 71.5 cm³/mol. The van der Waals surface area contributed by atoms with E-state index in [4.69, 9.17) is 9.84 Å². The lowest BCUT2D eigenvalue weighted by Crippen LogP contribution is -1.99. The Labute approximate surface area is 117 Å². The average Bonchev–Trinajstić information content (AvgIpc) is 2.74. The molecule has 0 fully saturated rings. The summed E-state index contributed by atoms with van der Waals surface area (Å²) < 4.78 is 7.15. The Morgan fingerprint density at radius 3 is 2.63 bits per heavy atom. The number of ether oxygens (including phenoxy) is 1. The molecular weight excluding hydrogens is 316 g/mol. The zero-order chi connectivity index (χ0) is 14.2. The lowest BCUT2D eigenvalue weighted by atomic mass is 10.1. The van der Waals surface area contributed by atoms with Crippen molar-refractivity contribution in [1.82, 2.24) is 9.78 Å². The Kier molecular flexibility index (Phi) is 3.48. The number of carboxylic acids is 1. The van der Waals surface area contributed by atoms with E-state index in [1.165, 1.54) is 17.9 Å². The first-order valence-electron chi connectivity index (χ1n) is 5.28. The molecule has 2 aromatic rings. The molecule has 0 aliphatic rings. The van der Waals surface area contributed by atoms with Gasteiger partial charge in [-0.3, -0.25) is 4.68 Å². The molecule has 0 aliphatic heterocycles. The molecule has 1 aromatic heterocycles. The summed E-state index contributed by atoms with van der Waals surface area (Å²) in [6.45, 7) is 0. The molecule has 0 bridgehead atoms. The first kappa shape index (κ1) is 13.4. The highest BCUT2D eigenvalue weighted by atomic mass is 79.9. The van der Waals surface area contributed by atoms with Gasteiger partial charge in [-0.05, 0) is 18.2 Å². The van der Waals surface area contributed by atoms with Gasteiger partial charge in [0.2, 0.25) is 0 Å². The van der Waals surface area contributed by atoms with Gasteiger partial charge >= 0.3 is 5.97 Å². The molecule has 1 aromatic carbocycles. The third kappa shape index (κ3) is 2.41. The first-order chi connectivity index (χ1) is 8.93. The number of carbonyl (C=O) groups is 1. The molecule has 0 amide bonds. The molecule has 6 nitrogen and oxygen atoms in total. The SMILES string of the molecule is COc1cc(Br)cc(-c2cc(C(=O)O)nn2C)c1O. The summed E-state index contributed by atoms with van der Waals surface area (Å²) >= 11 is 3.31. The average molecular weight is 327 g/mol. The van der Waals surface area contributed by atoms with Gasteiger partial charge in [-0.2, -0.15) is 5.10 Å². The van der Waals surface area contributed by atoms with Gasteiger partial charge in [0.05, 0.1) is 12.8 Å². The van der Waals surface area contributed by atoms with Crippen LogP contribution in [-0.2, 0) is 7.05 Å². The van der Waals surface area contributed by atoms with Crippen LogP contribution in [0.25, 0.3) is 11.3 Å². The molecule has 0 radical (unpaired) electrons. The second-order valence-electron chi connectivity index (χ2n) is 3.85. The van der Waals surface area contributed by atoms with E-state index in [9.17, 15) is 9.90 Å². The number of benzene rings is 1. The number of methoxy groups -OCH3 is 1. The van der Waals surface area contributed by atoms with Crippen LogP contribution in [0.3, 0.4) is 0 Å². The summed E-state index contributed by atoms with van der Waals surface area (Å²) in [7, 11) is 3.05. The van der Waals surface area contributed by atoms with Crippen molar-refractivity contribution in [3.8, 4) is 22.8 Å². The maximum atomic E-state index is 10.9. The molecule has 0 saturated carbocycles. The number of carboxylic acid groups (broad SMARTS) is 1. The van der Waals surface area contributed by atoms with Crippen LogP contribution in [-0.4, -0.2) is 33.1 Å². The van der Waals surface area contributed by atoms with Crippen molar-refractivity contribution >= 4 is 21.9 Å². The molecule has 0 aliphatic carbocycles. The van der Waals surface area contributed by atoms with Crippen molar-refractivity contribution < 1.29 is 19.7 Å². The standard InChI is InChI=1S/C12H11BrN2O4/c1-15-9(5-8(14-15)12(17)18)7-3-6(13)4-10(19-2)11(7)16/h3-5,16H,1-2H3,(H,17,18). The fourth-order valence-electron chi connectivity index (χ4n) is 1.75. The van der Waals surface area contributed by atoms with E-state index < -0.39 is 5.97 Å². The number of halogens is 1. The Balaban J connectivity index is 2.65. The predicted octanol–water partition coefficient (Wildman–Crippen LogP) is 2.26. The fraction of sp³-hybridized carbons (Fsp3) is 0.167. The van der Waals surface area contributed by atoms with Crippen LogP contribution >= 0.6 is 15.9 Å².